The van der Waals surface area contributed by atoms with E-state index in [2.05, 4.69) is 34.0 Å². The molecule has 7 heteroatoms. The van der Waals surface area contributed by atoms with Crippen LogP contribution in [0.4, 0.5) is 5.69 Å². The quantitative estimate of drug-likeness (QED) is 0.776. The Hall–Kier alpha value is -2.85. The second-order valence-corrected chi connectivity index (χ2v) is 7.91. The van der Waals surface area contributed by atoms with E-state index in [-0.39, 0.29) is 11.9 Å². The minimum atomic E-state index is -0.245. The Morgan fingerprint density at radius 3 is 3.00 bits per heavy atom. The topological polar surface area (TPSA) is 72.7 Å². The first-order valence-electron chi connectivity index (χ1n) is 10.2. The van der Waals surface area contributed by atoms with Crippen LogP contribution in [0.3, 0.4) is 0 Å². The maximum absolute atomic E-state index is 12.6. The lowest BCUT2D eigenvalue weighted by Crippen LogP contribution is -2.42. The largest absolute Gasteiger partial charge is 0.497 e. The zero-order valence-corrected chi connectivity index (χ0v) is 17.0. The van der Waals surface area contributed by atoms with Gasteiger partial charge in [-0.25, -0.2) is 0 Å². The molecular weight excluding hydrogens is 366 g/mol. The van der Waals surface area contributed by atoms with Crippen molar-refractivity contribution >= 4 is 22.5 Å². The van der Waals surface area contributed by atoms with Gasteiger partial charge in [0.05, 0.1) is 37.1 Å². The molecule has 3 heterocycles. The molecule has 2 unspecified atom stereocenters. The fourth-order valence-electron chi connectivity index (χ4n) is 4.37. The summed E-state index contributed by atoms with van der Waals surface area (Å²) in [4.78, 5) is 23.4. The molecule has 0 saturated carbocycles. The van der Waals surface area contributed by atoms with Gasteiger partial charge >= 0.3 is 0 Å². The first kappa shape index (κ1) is 19.5. The van der Waals surface area contributed by atoms with Gasteiger partial charge in [0.15, 0.2) is 0 Å². The minimum Gasteiger partial charge on any atom is -0.497 e. The number of carbonyl (C=O) groups is 1. The number of ether oxygens (including phenoxy) is 1. The van der Waals surface area contributed by atoms with Crippen LogP contribution in [0.5, 0.6) is 5.75 Å². The minimum absolute atomic E-state index is 0.0821. The predicted octanol–water partition coefficient (Wildman–Crippen LogP) is 2.27. The molecular formula is C22H27N5O2. The summed E-state index contributed by atoms with van der Waals surface area (Å²) in [6.45, 7) is 2.85. The zero-order valence-electron chi connectivity index (χ0n) is 17.0. The summed E-state index contributed by atoms with van der Waals surface area (Å²) in [5, 5.41) is 10.3. The van der Waals surface area contributed by atoms with Crippen molar-refractivity contribution in [1.82, 2.24) is 14.8 Å². The van der Waals surface area contributed by atoms with Crippen molar-refractivity contribution in [3.05, 3.63) is 30.5 Å². The van der Waals surface area contributed by atoms with E-state index in [9.17, 15) is 10.1 Å². The highest BCUT2D eigenvalue weighted by atomic mass is 16.5. The molecule has 2 aliphatic rings. The molecule has 152 valence electrons. The monoisotopic (exact) mass is 393 g/mol. The lowest BCUT2D eigenvalue weighted by molar-refractivity contribution is -0.132. The van der Waals surface area contributed by atoms with Gasteiger partial charge < -0.3 is 14.5 Å². The van der Waals surface area contributed by atoms with E-state index in [4.69, 9.17) is 4.74 Å². The summed E-state index contributed by atoms with van der Waals surface area (Å²) in [5.74, 6) is 0.887. The molecule has 2 fully saturated rings. The third kappa shape index (κ3) is 3.99. The Bertz CT molecular complexity index is 940. The second-order valence-electron chi connectivity index (χ2n) is 7.91. The van der Waals surface area contributed by atoms with Gasteiger partial charge in [-0.15, -0.1) is 0 Å². The van der Waals surface area contributed by atoms with E-state index >= 15 is 0 Å². The van der Waals surface area contributed by atoms with Gasteiger partial charge in [0.25, 0.3) is 0 Å². The Labute approximate surface area is 171 Å². The normalized spacial score (nSPS) is 22.0. The number of pyridine rings is 1. The van der Waals surface area contributed by atoms with Crippen LogP contribution in [-0.2, 0) is 4.79 Å². The highest BCUT2D eigenvalue weighted by Gasteiger charge is 2.32. The summed E-state index contributed by atoms with van der Waals surface area (Å²) in [5.41, 5.74) is 1.99. The average Bonchev–Trinajstić information content (AvgIpc) is 3.41. The van der Waals surface area contributed by atoms with Crippen LogP contribution in [0.1, 0.15) is 19.3 Å². The van der Waals surface area contributed by atoms with Crippen molar-refractivity contribution in [2.24, 2.45) is 0 Å². The average molecular weight is 393 g/mol. The summed E-state index contributed by atoms with van der Waals surface area (Å²) >= 11 is 0. The lowest BCUT2D eigenvalue weighted by atomic mass is 10.1. The molecule has 0 radical (unpaired) electrons. The highest BCUT2D eigenvalue weighted by Crippen LogP contribution is 2.26. The summed E-state index contributed by atoms with van der Waals surface area (Å²) in [7, 11) is 3.75. The van der Waals surface area contributed by atoms with Gasteiger partial charge in [0, 0.05) is 44.2 Å². The number of likely N-dealkylation sites (tertiary alicyclic amines) is 2. The van der Waals surface area contributed by atoms with Crippen LogP contribution in [-0.4, -0.2) is 73.1 Å². The van der Waals surface area contributed by atoms with Crippen molar-refractivity contribution in [3.8, 4) is 11.8 Å². The molecule has 2 atom stereocenters. The number of amides is 1. The van der Waals surface area contributed by atoms with Gasteiger partial charge in [-0.1, -0.05) is 0 Å². The third-order valence-electron chi connectivity index (χ3n) is 6.16. The molecule has 7 nitrogen and oxygen atoms in total. The van der Waals surface area contributed by atoms with Crippen molar-refractivity contribution < 1.29 is 9.53 Å². The molecule has 0 aliphatic carbocycles. The number of hydrogen-bond acceptors (Lipinski definition) is 6. The van der Waals surface area contributed by atoms with Crippen LogP contribution >= 0.6 is 0 Å². The maximum atomic E-state index is 12.6. The van der Waals surface area contributed by atoms with Crippen LogP contribution in [0, 0.1) is 11.3 Å². The molecule has 2 saturated heterocycles. The Kier molecular flexibility index (Phi) is 5.54. The standard InChI is InChI=1S/C22H27N5O2/c1-25(19-10-16-5-6-20(29-2)11-21(16)24-13-19)18-7-9-26(14-18)15-22(28)27-8-3-4-17(27)12-23/h5-6,10-11,13,17-18H,3-4,7-9,14-15H2,1-2H3. The molecule has 2 aromatic rings. The van der Waals surface area contributed by atoms with Crippen molar-refractivity contribution in [2.45, 2.75) is 31.3 Å². The number of anilines is 1. The molecule has 0 N–H and O–H groups in total. The van der Waals surface area contributed by atoms with E-state index in [1.807, 2.05) is 24.4 Å². The van der Waals surface area contributed by atoms with Crippen molar-refractivity contribution in [2.75, 3.05) is 45.2 Å². The van der Waals surface area contributed by atoms with E-state index < -0.39 is 0 Å². The molecule has 1 amide bonds. The number of rotatable bonds is 5. The van der Waals surface area contributed by atoms with E-state index in [1.54, 1.807) is 12.0 Å². The SMILES string of the molecule is COc1ccc2cc(N(C)C3CCN(CC(=O)N4CCCC4C#N)C3)cnc2c1. The van der Waals surface area contributed by atoms with E-state index in [0.717, 1.165) is 54.7 Å². The number of nitriles is 1. The number of likely N-dealkylation sites (N-methyl/N-ethyl adjacent to an activating group) is 1. The predicted molar refractivity (Wildman–Crippen MR) is 112 cm³/mol. The molecule has 4 rings (SSSR count). The summed E-state index contributed by atoms with van der Waals surface area (Å²) < 4.78 is 5.27. The third-order valence-corrected chi connectivity index (χ3v) is 6.16. The van der Waals surface area contributed by atoms with Gasteiger partial charge in [-0.05, 0) is 37.5 Å². The maximum Gasteiger partial charge on any atom is 0.237 e. The molecule has 1 aromatic heterocycles. The zero-order chi connectivity index (χ0) is 20.4. The fourth-order valence-corrected chi connectivity index (χ4v) is 4.37. The first-order valence-corrected chi connectivity index (χ1v) is 10.2. The van der Waals surface area contributed by atoms with Crippen molar-refractivity contribution in [3.63, 3.8) is 0 Å². The Morgan fingerprint density at radius 2 is 2.21 bits per heavy atom. The Balaban J connectivity index is 1.39. The van der Waals surface area contributed by atoms with Crippen LogP contribution < -0.4 is 9.64 Å². The van der Waals surface area contributed by atoms with Gasteiger partial charge in [0.1, 0.15) is 11.8 Å². The van der Waals surface area contributed by atoms with Crippen LogP contribution in [0.15, 0.2) is 30.5 Å². The Morgan fingerprint density at radius 1 is 1.34 bits per heavy atom. The van der Waals surface area contributed by atoms with Gasteiger partial charge in [-0.2, -0.15) is 5.26 Å². The number of carbonyl (C=O) groups excluding carboxylic acids is 1. The molecule has 1 aromatic carbocycles. The number of fused-ring (bicyclic) bond motifs is 1. The van der Waals surface area contributed by atoms with Gasteiger partial charge in [-0.3, -0.25) is 14.7 Å². The van der Waals surface area contributed by atoms with Crippen LogP contribution in [0.25, 0.3) is 10.9 Å². The molecule has 2 aliphatic heterocycles. The number of methoxy groups -OCH3 is 1. The fraction of sp³-hybridized carbons (Fsp3) is 0.500. The highest BCUT2D eigenvalue weighted by molar-refractivity contribution is 5.83. The van der Waals surface area contributed by atoms with E-state index in [0.29, 0.717) is 19.1 Å². The number of benzene rings is 1. The first-order chi connectivity index (χ1) is 14.1. The number of nitrogens with zero attached hydrogens (tertiary/aromatic N) is 5. The number of aromatic nitrogens is 1. The summed E-state index contributed by atoms with van der Waals surface area (Å²) in [6.07, 6.45) is 4.63. The molecule has 0 bridgehead atoms. The second kappa shape index (κ2) is 8.26. The summed E-state index contributed by atoms with van der Waals surface area (Å²) in [6, 6.07) is 10.4. The molecule has 0 spiro atoms. The van der Waals surface area contributed by atoms with Crippen molar-refractivity contribution in [1.29, 1.82) is 5.26 Å². The lowest BCUT2D eigenvalue weighted by Gasteiger charge is -2.27. The van der Waals surface area contributed by atoms with Crippen LogP contribution in [0.2, 0.25) is 0 Å². The molecule has 29 heavy (non-hydrogen) atoms. The smallest absolute Gasteiger partial charge is 0.237 e. The van der Waals surface area contributed by atoms with E-state index in [1.165, 1.54) is 0 Å². The number of hydrogen-bond donors (Lipinski definition) is 0. The van der Waals surface area contributed by atoms with Gasteiger partial charge in [0.2, 0.25) is 5.91 Å².